The van der Waals surface area contributed by atoms with Crippen LogP contribution >= 0.6 is 0 Å². The fourth-order valence-corrected chi connectivity index (χ4v) is 2.33. The van der Waals surface area contributed by atoms with Crippen molar-refractivity contribution in [2.24, 2.45) is 0 Å². The van der Waals surface area contributed by atoms with Crippen LogP contribution in [0.1, 0.15) is 31.4 Å². The Bertz CT molecular complexity index is 473. The quantitative estimate of drug-likeness (QED) is 0.738. The molecule has 0 bridgehead atoms. The van der Waals surface area contributed by atoms with Gasteiger partial charge >= 0.3 is 0 Å². The van der Waals surface area contributed by atoms with Gasteiger partial charge in [0.1, 0.15) is 0 Å². The molecule has 94 valence electrons. The highest BCUT2D eigenvalue weighted by molar-refractivity contribution is 5.72. The van der Waals surface area contributed by atoms with Crippen LogP contribution < -0.4 is 0 Å². The minimum absolute atomic E-state index is 1.01. The molecule has 18 heavy (non-hydrogen) atoms. The Kier molecular flexibility index (Phi) is 4.03. The van der Waals surface area contributed by atoms with Gasteiger partial charge in [-0.2, -0.15) is 0 Å². The third-order valence-corrected chi connectivity index (χ3v) is 3.51. The average Bonchev–Trinajstić information content (AvgIpc) is 2.94. The standard InChI is InChI=1S/C17H21N/c1-4-18(5-2)14(3)15-10-12-17(13-11-15)16-8-6-7-9-16/h6-8,10-13H,3-5,9H2,1-2H3. The van der Waals surface area contributed by atoms with Crippen LogP contribution in [0.15, 0.2) is 49.1 Å². The van der Waals surface area contributed by atoms with Gasteiger partial charge in [0, 0.05) is 18.8 Å². The molecule has 0 saturated carbocycles. The largest absolute Gasteiger partial charge is 0.372 e. The lowest BCUT2D eigenvalue weighted by Crippen LogP contribution is -2.20. The number of nitrogens with zero attached hydrogens (tertiary/aromatic N) is 1. The van der Waals surface area contributed by atoms with E-state index in [2.05, 4.69) is 67.8 Å². The number of rotatable bonds is 5. The van der Waals surface area contributed by atoms with E-state index in [4.69, 9.17) is 0 Å². The summed E-state index contributed by atoms with van der Waals surface area (Å²) in [5.74, 6) is 0. The van der Waals surface area contributed by atoms with E-state index < -0.39 is 0 Å². The number of hydrogen-bond donors (Lipinski definition) is 0. The highest BCUT2D eigenvalue weighted by Gasteiger charge is 2.07. The first-order valence-corrected chi connectivity index (χ1v) is 6.66. The molecule has 1 aliphatic rings. The molecule has 0 heterocycles. The van der Waals surface area contributed by atoms with Crippen molar-refractivity contribution in [1.29, 1.82) is 0 Å². The van der Waals surface area contributed by atoms with Gasteiger partial charge in [0.15, 0.2) is 0 Å². The molecule has 1 aromatic rings. The normalized spacial score (nSPS) is 13.6. The number of allylic oxidation sites excluding steroid dienone is 4. The third kappa shape index (κ3) is 2.56. The summed E-state index contributed by atoms with van der Waals surface area (Å²) in [6.07, 6.45) is 7.56. The van der Waals surface area contributed by atoms with Crippen molar-refractivity contribution in [2.75, 3.05) is 13.1 Å². The summed E-state index contributed by atoms with van der Waals surface area (Å²) in [5, 5.41) is 0. The van der Waals surface area contributed by atoms with E-state index in [0.29, 0.717) is 0 Å². The molecule has 1 heteroatoms. The van der Waals surface area contributed by atoms with Gasteiger partial charge in [-0.3, -0.25) is 0 Å². The van der Waals surface area contributed by atoms with Gasteiger partial charge in [0.05, 0.1) is 0 Å². The monoisotopic (exact) mass is 239 g/mol. The van der Waals surface area contributed by atoms with Crippen molar-refractivity contribution < 1.29 is 0 Å². The van der Waals surface area contributed by atoms with E-state index in [9.17, 15) is 0 Å². The molecule has 0 amide bonds. The predicted octanol–water partition coefficient (Wildman–Crippen LogP) is 4.34. The Morgan fingerprint density at radius 2 is 1.83 bits per heavy atom. The molecule has 0 radical (unpaired) electrons. The number of hydrogen-bond acceptors (Lipinski definition) is 1. The minimum Gasteiger partial charge on any atom is -0.372 e. The van der Waals surface area contributed by atoms with Gasteiger partial charge < -0.3 is 4.90 Å². The maximum absolute atomic E-state index is 4.19. The molecule has 1 aromatic carbocycles. The second-order valence-electron chi connectivity index (χ2n) is 4.52. The molecule has 2 rings (SSSR count). The van der Waals surface area contributed by atoms with Crippen LogP contribution in [-0.2, 0) is 0 Å². The first-order chi connectivity index (χ1) is 8.76. The van der Waals surface area contributed by atoms with Crippen LogP contribution in [-0.4, -0.2) is 18.0 Å². The van der Waals surface area contributed by atoms with E-state index in [1.807, 2.05) is 0 Å². The van der Waals surface area contributed by atoms with Crippen LogP contribution in [0.4, 0.5) is 0 Å². The molecule has 0 saturated heterocycles. The zero-order chi connectivity index (χ0) is 13.0. The second-order valence-corrected chi connectivity index (χ2v) is 4.52. The van der Waals surface area contributed by atoms with E-state index in [0.717, 1.165) is 25.2 Å². The minimum atomic E-state index is 1.01. The van der Waals surface area contributed by atoms with Crippen LogP contribution in [0, 0.1) is 0 Å². The highest BCUT2D eigenvalue weighted by atomic mass is 15.1. The summed E-state index contributed by atoms with van der Waals surface area (Å²) in [6.45, 7) is 10.5. The summed E-state index contributed by atoms with van der Waals surface area (Å²) >= 11 is 0. The van der Waals surface area contributed by atoms with Crippen LogP contribution in [0.3, 0.4) is 0 Å². The van der Waals surface area contributed by atoms with Gasteiger partial charge in [-0.05, 0) is 37.0 Å². The SMILES string of the molecule is C=C(c1ccc(C2=CC=CC2)cc1)N(CC)CC. The first kappa shape index (κ1) is 12.7. The Balaban J connectivity index is 2.14. The lowest BCUT2D eigenvalue weighted by Gasteiger charge is -2.23. The molecule has 0 aliphatic heterocycles. The maximum Gasteiger partial charge on any atom is 0.0366 e. The highest BCUT2D eigenvalue weighted by Crippen LogP contribution is 2.25. The van der Waals surface area contributed by atoms with Gasteiger partial charge in [0.2, 0.25) is 0 Å². The fourth-order valence-electron chi connectivity index (χ4n) is 2.33. The van der Waals surface area contributed by atoms with Crippen LogP contribution in [0.2, 0.25) is 0 Å². The molecule has 0 unspecified atom stereocenters. The van der Waals surface area contributed by atoms with Crippen molar-refractivity contribution >= 4 is 11.3 Å². The topological polar surface area (TPSA) is 3.24 Å². The number of benzene rings is 1. The molecular weight excluding hydrogens is 218 g/mol. The second kappa shape index (κ2) is 5.72. The Morgan fingerprint density at radius 1 is 1.17 bits per heavy atom. The lowest BCUT2D eigenvalue weighted by molar-refractivity contribution is 0.443. The average molecular weight is 239 g/mol. The molecule has 1 nitrogen and oxygen atoms in total. The lowest BCUT2D eigenvalue weighted by atomic mass is 10.0. The molecular formula is C17H21N. The van der Waals surface area contributed by atoms with Gasteiger partial charge in [-0.1, -0.05) is 49.1 Å². The summed E-state index contributed by atoms with van der Waals surface area (Å²) in [4.78, 5) is 2.28. The summed E-state index contributed by atoms with van der Waals surface area (Å²) in [7, 11) is 0. The molecule has 0 aromatic heterocycles. The fraction of sp³-hybridized carbons (Fsp3) is 0.294. The van der Waals surface area contributed by atoms with Crippen LogP contribution in [0.5, 0.6) is 0 Å². The summed E-state index contributed by atoms with van der Waals surface area (Å²) < 4.78 is 0. The van der Waals surface area contributed by atoms with E-state index in [1.54, 1.807) is 0 Å². The smallest absolute Gasteiger partial charge is 0.0366 e. The Morgan fingerprint density at radius 3 is 2.33 bits per heavy atom. The van der Waals surface area contributed by atoms with Crippen molar-refractivity contribution in [3.63, 3.8) is 0 Å². The molecule has 1 aliphatic carbocycles. The van der Waals surface area contributed by atoms with E-state index >= 15 is 0 Å². The van der Waals surface area contributed by atoms with Crippen LogP contribution in [0.25, 0.3) is 11.3 Å². The van der Waals surface area contributed by atoms with Crippen molar-refractivity contribution in [2.45, 2.75) is 20.3 Å². The zero-order valence-corrected chi connectivity index (χ0v) is 11.3. The van der Waals surface area contributed by atoms with E-state index in [-0.39, 0.29) is 0 Å². The summed E-state index contributed by atoms with van der Waals surface area (Å²) in [6, 6.07) is 8.75. The third-order valence-electron chi connectivity index (χ3n) is 3.51. The van der Waals surface area contributed by atoms with Gasteiger partial charge in [0.25, 0.3) is 0 Å². The first-order valence-electron chi connectivity index (χ1n) is 6.66. The summed E-state index contributed by atoms with van der Waals surface area (Å²) in [5.41, 5.74) is 5.05. The molecule has 0 N–H and O–H groups in total. The molecule has 0 fully saturated rings. The predicted molar refractivity (Wildman–Crippen MR) is 80.1 cm³/mol. The van der Waals surface area contributed by atoms with E-state index in [1.165, 1.54) is 16.7 Å². The van der Waals surface area contributed by atoms with Gasteiger partial charge in [-0.25, -0.2) is 0 Å². The Labute approximate surface area is 110 Å². The van der Waals surface area contributed by atoms with Gasteiger partial charge in [-0.15, -0.1) is 0 Å². The van der Waals surface area contributed by atoms with Crippen molar-refractivity contribution in [3.05, 3.63) is 60.2 Å². The zero-order valence-electron chi connectivity index (χ0n) is 11.3. The maximum atomic E-state index is 4.19. The van der Waals surface area contributed by atoms with Crippen molar-refractivity contribution in [3.8, 4) is 0 Å². The Hall–Kier alpha value is -1.76. The van der Waals surface area contributed by atoms with Crippen molar-refractivity contribution in [1.82, 2.24) is 4.90 Å². The molecule has 0 spiro atoms. The molecule has 0 atom stereocenters.